The number of aryl methyl sites for hydroxylation is 1. The number of nitrogens with zero attached hydrogens (tertiary/aromatic N) is 3. The van der Waals surface area contributed by atoms with Gasteiger partial charge >= 0.3 is 0 Å². The van der Waals surface area contributed by atoms with Crippen molar-refractivity contribution in [3.05, 3.63) is 57.3 Å². The molecule has 4 nitrogen and oxygen atoms in total. The molecule has 1 aromatic heterocycles. The minimum absolute atomic E-state index is 0.169. The van der Waals surface area contributed by atoms with Gasteiger partial charge in [0.25, 0.3) is 5.91 Å². The van der Waals surface area contributed by atoms with E-state index in [-0.39, 0.29) is 5.91 Å². The maximum atomic E-state index is 12.7. The molecule has 1 aliphatic rings. The van der Waals surface area contributed by atoms with Gasteiger partial charge in [-0.15, -0.1) is 11.3 Å². The molecule has 0 atom stereocenters. The van der Waals surface area contributed by atoms with Crippen LogP contribution in [0.15, 0.2) is 35.7 Å². The third-order valence-electron chi connectivity index (χ3n) is 4.42. The van der Waals surface area contributed by atoms with Crippen molar-refractivity contribution in [1.29, 1.82) is 5.26 Å². The van der Waals surface area contributed by atoms with Crippen molar-refractivity contribution in [3.63, 3.8) is 0 Å². The van der Waals surface area contributed by atoms with Crippen molar-refractivity contribution in [2.24, 2.45) is 0 Å². The Morgan fingerprint density at radius 2 is 1.96 bits per heavy atom. The number of hydrogen-bond acceptors (Lipinski definition) is 4. The fourth-order valence-corrected chi connectivity index (χ4v) is 3.90. The Morgan fingerprint density at radius 3 is 2.62 bits per heavy atom. The Bertz CT molecular complexity index is 745. The number of rotatable bonds is 3. The van der Waals surface area contributed by atoms with Gasteiger partial charge in [-0.1, -0.05) is 12.1 Å². The second kappa shape index (κ2) is 7.61. The second-order valence-electron chi connectivity index (χ2n) is 6.16. The molecule has 1 aromatic carbocycles. The molecule has 0 spiro atoms. The Kier molecular flexibility index (Phi) is 5.29. The summed E-state index contributed by atoms with van der Waals surface area (Å²) in [7, 11) is 0. The van der Waals surface area contributed by atoms with Gasteiger partial charge in [0.1, 0.15) is 0 Å². The summed E-state index contributed by atoms with van der Waals surface area (Å²) in [5, 5.41) is 10.9. The van der Waals surface area contributed by atoms with Gasteiger partial charge in [-0.25, -0.2) is 0 Å². The lowest BCUT2D eigenvalue weighted by molar-refractivity contribution is 0.0765. The molecular formula is C19H21N3OS. The third kappa shape index (κ3) is 3.84. The largest absolute Gasteiger partial charge is 0.337 e. The zero-order valence-electron chi connectivity index (χ0n) is 13.9. The van der Waals surface area contributed by atoms with Crippen LogP contribution >= 0.6 is 11.3 Å². The van der Waals surface area contributed by atoms with E-state index in [1.54, 1.807) is 0 Å². The molecular weight excluding hydrogens is 318 g/mol. The number of thiophene rings is 1. The molecule has 1 fully saturated rings. The SMILES string of the molecule is Cc1ccsc1C(=O)N1CCCN(Cc2ccc(C#N)cc2)CC1. The molecule has 24 heavy (non-hydrogen) atoms. The molecule has 2 aromatic rings. The van der Waals surface area contributed by atoms with E-state index in [4.69, 9.17) is 5.26 Å². The molecule has 3 rings (SSSR count). The molecule has 0 saturated carbocycles. The van der Waals surface area contributed by atoms with Crippen molar-refractivity contribution in [2.45, 2.75) is 19.9 Å². The second-order valence-corrected chi connectivity index (χ2v) is 7.08. The van der Waals surface area contributed by atoms with Crippen LogP contribution in [0.25, 0.3) is 0 Å². The van der Waals surface area contributed by atoms with Crippen LogP contribution in [0.5, 0.6) is 0 Å². The zero-order valence-corrected chi connectivity index (χ0v) is 14.7. The molecule has 0 aliphatic carbocycles. The molecule has 0 N–H and O–H groups in total. The zero-order chi connectivity index (χ0) is 16.9. The van der Waals surface area contributed by atoms with Crippen LogP contribution in [0.4, 0.5) is 0 Å². The Balaban J connectivity index is 1.59. The van der Waals surface area contributed by atoms with Crippen molar-refractivity contribution in [2.75, 3.05) is 26.2 Å². The van der Waals surface area contributed by atoms with E-state index in [1.165, 1.54) is 16.9 Å². The molecule has 1 amide bonds. The van der Waals surface area contributed by atoms with Crippen LogP contribution in [0.1, 0.15) is 32.8 Å². The van der Waals surface area contributed by atoms with Crippen LogP contribution in [-0.4, -0.2) is 41.9 Å². The van der Waals surface area contributed by atoms with Gasteiger partial charge in [-0.05, 0) is 48.1 Å². The van der Waals surface area contributed by atoms with Crippen LogP contribution in [-0.2, 0) is 6.54 Å². The fraction of sp³-hybridized carbons (Fsp3) is 0.368. The summed E-state index contributed by atoms with van der Waals surface area (Å²) in [6, 6.07) is 11.9. The van der Waals surface area contributed by atoms with Gasteiger partial charge in [0.2, 0.25) is 0 Å². The number of benzene rings is 1. The van der Waals surface area contributed by atoms with Gasteiger partial charge in [-0.3, -0.25) is 9.69 Å². The van der Waals surface area contributed by atoms with Gasteiger partial charge < -0.3 is 4.90 Å². The predicted octanol–water partition coefficient (Wildman–Crippen LogP) is 3.28. The minimum atomic E-state index is 0.169. The number of carbonyl (C=O) groups excluding carboxylic acids is 1. The maximum Gasteiger partial charge on any atom is 0.264 e. The normalized spacial score (nSPS) is 15.8. The molecule has 0 unspecified atom stereocenters. The number of hydrogen-bond donors (Lipinski definition) is 0. The third-order valence-corrected chi connectivity index (χ3v) is 5.43. The number of carbonyl (C=O) groups is 1. The highest BCUT2D eigenvalue weighted by Gasteiger charge is 2.22. The Hall–Kier alpha value is -2.16. The summed E-state index contributed by atoms with van der Waals surface area (Å²) in [6.07, 6.45) is 0.993. The first-order valence-electron chi connectivity index (χ1n) is 8.22. The Labute approximate surface area is 146 Å². The molecule has 0 bridgehead atoms. The van der Waals surface area contributed by atoms with Crippen LogP contribution in [0.3, 0.4) is 0 Å². The molecule has 1 aliphatic heterocycles. The van der Waals surface area contributed by atoms with Crippen molar-refractivity contribution >= 4 is 17.2 Å². The number of amides is 1. The highest BCUT2D eigenvalue weighted by atomic mass is 32.1. The summed E-state index contributed by atoms with van der Waals surface area (Å²) in [5.74, 6) is 0.169. The minimum Gasteiger partial charge on any atom is -0.337 e. The van der Waals surface area contributed by atoms with Gasteiger partial charge in [0.15, 0.2) is 0 Å². The maximum absolute atomic E-state index is 12.7. The highest BCUT2D eigenvalue weighted by Crippen LogP contribution is 2.19. The van der Waals surface area contributed by atoms with E-state index < -0.39 is 0 Å². The van der Waals surface area contributed by atoms with Crippen molar-refractivity contribution in [3.8, 4) is 6.07 Å². The van der Waals surface area contributed by atoms with E-state index >= 15 is 0 Å². The molecule has 0 radical (unpaired) electrons. The van der Waals surface area contributed by atoms with Crippen LogP contribution in [0, 0.1) is 18.3 Å². The van der Waals surface area contributed by atoms with Crippen molar-refractivity contribution < 1.29 is 4.79 Å². The summed E-state index contributed by atoms with van der Waals surface area (Å²) in [5.41, 5.74) is 2.98. The molecule has 1 saturated heterocycles. The van der Waals surface area contributed by atoms with Gasteiger partial charge in [-0.2, -0.15) is 5.26 Å². The highest BCUT2D eigenvalue weighted by molar-refractivity contribution is 7.12. The predicted molar refractivity (Wildman–Crippen MR) is 96.0 cm³/mol. The fourth-order valence-electron chi connectivity index (χ4n) is 3.01. The van der Waals surface area contributed by atoms with Gasteiger partial charge in [0, 0.05) is 32.7 Å². The van der Waals surface area contributed by atoms with Gasteiger partial charge in [0.05, 0.1) is 16.5 Å². The first kappa shape index (κ1) is 16.7. The standard InChI is InChI=1S/C19H21N3OS/c1-15-7-12-24-18(15)19(23)22-9-2-8-21(10-11-22)14-17-5-3-16(13-20)4-6-17/h3-7,12H,2,8-11,14H2,1H3. The first-order valence-corrected chi connectivity index (χ1v) is 9.10. The molecule has 2 heterocycles. The van der Waals surface area contributed by atoms with Crippen LogP contribution in [0.2, 0.25) is 0 Å². The molecule has 124 valence electrons. The summed E-state index contributed by atoms with van der Waals surface area (Å²) in [4.78, 5) is 17.9. The van der Waals surface area contributed by atoms with Crippen molar-refractivity contribution in [1.82, 2.24) is 9.80 Å². The lowest BCUT2D eigenvalue weighted by Crippen LogP contribution is -2.35. The lowest BCUT2D eigenvalue weighted by atomic mass is 10.1. The summed E-state index contributed by atoms with van der Waals surface area (Å²) in [6.45, 7) is 6.33. The number of nitriles is 1. The van der Waals surface area contributed by atoms with E-state index in [0.717, 1.165) is 49.6 Å². The van der Waals surface area contributed by atoms with E-state index in [2.05, 4.69) is 11.0 Å². The average Bonchev–Trinajstić information content (AvgIpc) is 2.89. The first-order chi connectivity index (χ1) is 11.7. The average molecular weight is 339 g/mol. The topological polar surface area (TPSA) is 47.3 Å². The summed E-state index contributed by atoms with van der Waals surface area (Å²) < 4.78 is 0. The van der Waals surface area contributed by atoms with Crippen LogP contribution < -0.4 is 0 Å². The quantitative estimate of drug-likeness (QED) is 0.862. The molecule has 5 heteroatoms. The summed E-state index contributed by atoms with van der Waals surface area (Å²) >= 11 is 1.53. The lowest BCUT2D eigenvalue weighted by Gasteiger charge is -2.22. The Morgan fingerprint density at radius 1 is 1.17 bits per heavy atom. The monoisotopic (exact) mass is 339 g/mol. The smallest absolute Gasteiger partial charge is 0.264 e. The van der Waals surface area contributed by atoms with E-state index in [9.17, 15) is 4.79 Å². The van der Waals surface area contributed by atoms with E-state index in [1.807, 2.05) is 47.5 Å². The van der Waals surface area contributed by atoms with E-state index in [0.29, 0.717) is 5.56 Å².